The fourth-order valence-corrected chi connectivity index (χ4v) is 2.68. The number of carbonyl (C=O) groups is 1. The second-order valence-electron chi connectivity index (χ2n) is 5.41. The lowest BCUT2D eigenvalue weighted by Gasteiger charge is -2.22. The minimum absolute atomic E-state index is 0.136. The van der Waals surface area contributed by atoms with Gasteiger partial charge < -0.3 is 21.1 Å². The Balaban J connectivity index is 1.87. The van der Waals surface area contributed by atoms with Gasteiger partial charge in [-0.1, -0.05) is 42.0 Å². The van der Waals surface area contributed by atoms with Crippen molar-refractivity contribution in [3.63, 3.8) is 0 Å². The molecule has 1 aliphatic rings. The van der Waals surface area contributed by atoms with Gasteiger partial charge in [-0.25, -0.2) is 0 Å². The molecule has 1 amide bonds. The molecule has 2 rings (SSSR count). The van der Waals surface area contributed by atoms with Crippen LogP contribution in [0.3, 0.4) is 0 Å². The molecule has 1 unspecified atom stereocenters. The molecule has 1 heterocycles. The summed E-state index contributed by atoms with van der Waals surface area (Å²) in [5.74, 6) is -0.235. The molecule has 1 aliphatic heterocycles. The van der Waals surface area contributed by atoms with E-state index in [0.717, 1.165) is 22.0 Å². The van der Waals surface area contributed by atoms with E-state index in [0.29, 0.717) is 19.8 Å². The van der Waals surface area contributed by atoms with E-state index in [1.807, 2.05) is 31.2 Å². The summed E-state index contributed by atoms with van der Waals surface area (Å²) in [5.41, 5.74) is 8.20. The van der Waals surface area contributed by atoms with Crippen molar-refractivity contribution in [2.75, 3.05) is 26.3 Å². The van der Waals surface area contributed by atoms with Gasteiger partial charge >= 0.3 is 0 Å². The molecule has 0 aliphatic carbocycles. The van der Waals surface area contributed by atoms with Crippen LogP contribution in [0.1, 0.15) is 18.4 Å². The highest BCUT2D eigenvalue weighted by molar-refractivity contribution is 6.31. The topological polar surface area (TPSA) is 76.4 Å². The highest BCUT2D eigenvalue weighted by Crippen LogP contribution is 2.30. The third-order valence-electron chi connectivity index (χ3n) is 3.41. The maximum Gasteiger partial charge on any atom is 0.231 e. The van der Waals surface area contributed by atoms with Crippen LogP contribution in [0.4, 0.5) is 0 Å². The van der Waals surface area contributed by atoms with E-state index in [4.69, 9.17) is 22.1 Å². The molecule has 124 valence electrons. The molecule has 1 aromatic carbocycles. The number of rotatable bonds is 8. The fourth-order valence-electron chi connectivity index (χ4n) is 2.42. The van der Waals surface area contributed by atoms with E-state index >= 15 is 0 Å². The van der Waals surface area contributed by atoms with Gasteiger partial charge in [0.05, 0.1) is 19.8 Å². The van der Waals surface area contributed by atoms with Gasteiger partial charge in [-0.2, -0.15) is 0 Å². The quantitative estimate of drug-likeness (QED) is 0.634. The van der Waals surface area contributed by atoms with Gasteiger partial charge in [-0.05, 0) is 18.6 Å². The summed E-state index contributed by atoms with van der Waals surface area (Å²) in [4.78, 5) is 10.6. The second kappa shape index (κ2) is 8.72. The van der Waals surface area contributed by atoms with Crippen molar-refractivity contribution < 1.29 is 9.53 Å². The summed E-state index contributed by atoms with van der Waals surface area (Å²) >= 11 is 6.28. The second-order valence-corrected chi connectivity index (χ2v) is 5.82. The van der Waals surface area contributed by atoms with Crippen LogP contribution in [0.15, 0.2) is 47.8 Å². The van der Waals surface area contributed by atoms with Crippen molar-refractivity contribution >= 4 is 17.5 Å². The number of nitrogens with one attached hydrogen (secondary N) is 2. The van der Waals surface area contributed by atoms with Crippen molar-refractivity contribution in [2.45, 2.75) is 12.8 Å². The van der Waals surface area contributed by atoms with Crippen LogP contribution in [0.5, 0.6) is 0 Å². The van der Waals surface area contributed by atoms with Crippen LogP contribution < -0.4 is 16.4 Å². The number of nitrogens with two attached hydrogens (primary N) is 1. The first-order valence-electron chi connectivity index (χ1n) is 7.53. The van der Waals surface area contributed by atoms with Crippen LogP contribution in [-0.2, 0) is 9.53 Å². The average Bonchev–Trinajstić information content (AvgIpc) is 2.50. The van der Waals surface area contributed by atoms with E-state index in [2.05, 4.69) is 22.8 Å². The number of halogens is 1. The van der Waals surface area contributed by atoms with Gasteiger partial charge in [0.25, 0.3) is 0 Å². The Morgan fingerprint density at radius 3 is 2.91 bits per heavy atom. The first-order chi connectivity index (χ1) is 11.1. The molecule has 5 nitrogen and oxygen atoms in total. The molecule has 0 aromatic heterocycles. The zero-order valence-electron chi connectivity index (χ0n) is 13.1. The molecular formula is C17H22ClN3O2. The van der Waals surface area contributed by atoms with Crippen molar-refractivity contribution in [1.29, 1.82) is 0 Å². The van der Waals surface area contributed by atoms with E-state index < -0.39 is 0 Å². The molecule has 0 bridgehead atoms. The molecule has 0 saturated carbocycles. The van der Waals surface area contributed by atoms with E-state index in [9.17, 15) is 4.79 Å². The molecular weight excluding hydrogens is 314 g/mol. The Bertz CT molecular complexity index is 614. The third kappa shape index (κ3) is 5.71. The molecule has 0 saturated heterocycles. The number of hydrogen-bond acceptors (Lipinski definition) is 4. The molecule has 1 atom stereocenters. The molecule has 0 fully saturated rings. The number of carbonyl (C=O) groups excluding carboxylic acids is 1. The van der Waals surface area contributed by atoms with Crippen LogP contribution in [-0.4, -0.2) is 32.2 Å². The van der Waals surface area contributed by atoms with Crippen molar-refractivity contribution in [2.24, 2.45) is 5.73 Å². The first-order valence-corrected chi connectivity index (χ1v) is 7.91. The van der Waals surface area contributed by atoms with Gasteiger partial charge in [-0.15, -0.1) is 0 Å². The average molecular weight is 336 g/mol. The monoisotopic (exact) mass is 335 g/mol. The summed E-state index contributed by atoms with van der Waals surface area (Å²) in [6.45, 7) is 3.75. The first kappa shape index (κ1) is 17.5. The molecule has 0 spiro atoms. The Kier molecular flexibility index (Phi) is 6.65. The van der Waals surface area contributed by atoms with Crippen molar-refractivity contribution in [3.8, 4) is 0 Å². The lowest BCUT2D eigenvalue weighted by molar-refractivity contribution is -0.117. The molecule has 1 aromatic rings. The number of benzene rings is 1. The lowest BCUT2D eigenvalue weighted by Crippen LogP contribution is -2.31. The van der Waals surface area contributed by atoms with E-state index in [1.54, 1.807) is 0 Å². The Hall–Kier alpha value is -1.82. The van der Waals surface area contributed by atoms with Crippen molar-refractivity contribution in [3.05, 3.63) is 58.4 Å². The summed E-state index contributed by atoms with van der Waals surface area (Å²) in [6.07, 6.45) is 4.25. The van der Waals surface area contributed by atoms with Gasteiger partial charge in [0.1, 0.15) is 0 Å². The van der Waals surface area contributed by atoms with Gasteiger partial charge in [0.15, 0.2) is 0 Å². The van der Waals surface area contributed by atoms with Gasteiger partial charge in [-0.3, -0.25) is 4.79 Å². The summed E-state index contributed by atoms with van der Waals surface area (Å²) in [7, 11) is 0. The van der Waals surface area contributed by atoms with Crippen LogP contribution in [0, 0.1) is 0 Å². The maximum atomic E-state index is 10.6. The summed E-state index contributed by atoms with van der Waals surface area (Å²) in [5, 5.41) is 6.97. The Morgan fingerprint density at radius 2 is 2.17 bits per heavy atom. The highest BCUT2D eigenvalue weighted by Gasteiger charge is 2.15. The van der Waals surface area contributed by atoms with Gasteiger partial charge in [0.2, 0.25) is 5.91 Å². The van der Waals surface area contributed by atoms with Crippen LogP contribution >= 0.6 is 11.6 Å². The van der Waals surface area contributed by atoms with E-state index in [-0.39, 0.29) is 18.4 Å². The Labute approximate surface area is 141 Å². The lowest BCUT2D eigenvalue weighted by atomic mass is 9.94. The van der Waals surface area contributed by atoms with Crippen LogP contribution in [0.25, 0.3) is 0 Å². The normalized spacial score (nSPS) is 17.2. The van der Waals surface area contributed by atoms with Crippen LogP contribution in [0.2, 0.25) is 5.02 Å². The number of allylic oxidation sites excluding steroid dienone is 3. The number of hydrogen-bond donors (Lipinski definition) is 3. The predicted molar refractivity (Wildman–Crippen MR) is 92.1 cm³/mol. The fraction of sp³-hybridized carbons (Fsp3) is 0.353. The molecule has 0 radical (unpaired) electrons. The third-order valence-corrected chi connectivity index (χ3v) is 3.76. The standard InChI is InChI=1S/C17H22ClN3O2/c1-12-8-13(15-4-2-3-5-16(15)18)9-14(21-12)11-23-7-6-20-10-17(19)22/h2-5,8-9,13,20-21H,6-7,10-11H2,1H3,(H2,19,22). The Morgan fingerprint density at radius 1 is 1.39 bits per heavy atom. The van der Waals surface area contributed by atoms with Crippen molar-refractivity contribution in [1.82, 2.24) is 10.6 Å². The SMILES string of the molecule is CC1=CC(c2ccccc2Cl)C=C(COCCNCC(N)=O)N1. The number of ether oxygens (including phenoxy) is 1. The minimum atomic E-state index is -0.370. The zero-order valence-corrected chi connectivity index (χ0v) is 13.9. The summed E-state index contributed by atoms with van der Waals surface area (Å²) < 4.78 is 5.61. The largest absolute Gasteiger partial charge is 0.374 e. The molecule has 4 N–H and O–H groups in total. The number of amides is 1. The molecule has 6 heteroatoms. The minimum Gasteiger partial charge on any atom is -0.374 e. The number of dihydropyridines is 1. The summed E-state index contributed by atoms with van der Waals surface area (Å²) in [6, 6.07) is 7.85. The van der Waals surface area contributed by atoms with E-state index in [1.165, 1.54) is 0 Å². The smallest absolute Gasteiger partial charge is 0.231 e. The van der Waals surface area contributed by atoms with Gasteiger partial charge in [0, 0.05) is 28.9 Å². The maximum absolute atomic E-state index is 10.6. The highest BCUT2D eigenvalue weighted by atomic mass is 35.5. The molecule has 23 heavy (non-hydrogen) atoms. The zero-order chi connectivity index (χ0) is 16.7. The predicted octanol–water partition coefficient (Wildman–Crippen LogP) is 1.91. The number of primary amides is 1.